The van der Waals surface area contributed by atoms with Crippen LogP contribution >= 0.6 is 0 Å². The van der Waals surface area contributed by atoms with Gasteiger partial charge >= 0.3 is 6.85 Å². The maximum absolute atomic E-state index is 6.96. The van der Waals surface area contributed by atoms with Gasteiger partial charge < -0.3 is 13.8 Å². The van der Waals surface area contributed by atoms with Crippen molar-refractivity contribution in [2.75, 3.05) is 4.90 Å². The maximum Gasteiger partial charge on any atom is 0.333 e. The van der Waals surface area contributed by atoms with Crippen LogP contribution in [0.15, 0.2) is 168 Å². The molecule has 11 aromatic rings. The van der Waals surface area contributed by atoms with Gasteiger partial charge in [-0.2, -0.15) is 0 Å². The van der Waals surface area contributed by atoms with Crippen LogP contribution in [-0.2, 0) is 10.8 Å². The summed E-state index contributed by atoms with van der Waals surface area (Å²) in [6, 6.07) is 62.1. The third kappa shape index (κ3) is 3.79. The third-order valence-corrected chi connectivity index (χ3v) is 15.5. The average Bonchev–Trinajstić information content (AvgIpc) is 3.98. The lowest BCUT2D eigenvalue weighted by atomic mass is 9.44. The van der Waals surface area contributed by atoms with Crippen molar-refractivity contribution in [2.45, 2.75) is 38.5 Å². The van der Waals surface area contributed by atoms with E-state index in [9.17, 15) is 0 Å². The highest BCUT2D eigenvalue weighted by Crippen LogP contribution is 2.56. The molecule has 0 radical (unpaired) electrons. The summed E-state index contributed by atoms with van der Waals surface area (Å²) in [6.45, 7) is 9.47. The first-order chi connectivity index (χ1) is 30.3. The van der Waals surface area contributed by atoms with Gasteiger partial charge in [0.1, 0.15) is 11.2 Å². The van der Waals surface area contributed by atoms with Gasteiger partial charge in [0, 0.05) is 55.0 Å². The zero-order chi connectivity index (χ0) is 41.0. The van der Waals surface area contributed by atoms with E-state index in [0.717, 1.165) is 27.6 Å². The molecular weight excluding hydrogens is 751 g/mol. The van der Waals surface area contributed by atoms with Gasteiger partial charge in [-0.3, -0.25) is 0 Å². The second kappa shape index (κ2) is 11.0. The van der Waals surface area contributed by atoms with Crippen molar-refractivity contribution in [3.63, 3.8) is 0 Å². The maximum atomic E-state index is 6.96. The number of hydrogen-bond acceptors (Lipinski definition) is 2. The number of aromatic nitrogens is 1. The predicted molar refractivity (Wildman–Crippen MR) is 260 cm³/mol. The van der Waals surface area contributed by atoms with E-state index in [1.54, 1.807) is 0 Å². The van der Waals surface area contributed by atoms with Gasteiger partial charge in [-0.15, -0.1) is 0 Å². The molecule has 290 valence electrons. The van der Waals surface area contributed by atoms with E-state index in [1.807, 2.05) is 0 Å². The molecular formula is C58H39BN2O. The summed E-state index contributed by atoms with van der Waals surface area (Å²) in [5.74, 6) is 0. The van der Waals surface area contributed by atoms with Gasteiger partial charge in [0.25, 0.3) is 0 Å². The van der Waals surface area contributed by atoms with Crippen LogP contribution in [0, 0.1) is 0 Å². The zero-order valence-electron chi connectivity index (χ0n) is 35.0. The normalized spacial score (nSPS) is 15.6. The molecule has 0 saturated heterocycles. The predicted octanol–water partition coefficient (Wildman–Crippen LogP) is 13.9. The quantitative estimate of drug-likeness (QED) is 0.154. The van der Waals surface area contributed by atoms with Crippen molar-refractivity contribution in [1.82, 2.24) is 4.48 Å². The Morgan fingerprint density at radius 2 is 1.13 bits per heavy atom. The molecule has 0 fully saturated rings. The Kier molecular flexibility index (Phi) is 5.91. The molecule has 0 unspecified atom stereocenters. The van der Waals surface area contributed by atoms with Crippen LogP contribution in [0.3, 0.4) is 0 Å². The van der Waals surface area contributed by atoms with Crippen LogP contribution in [0.2, 0.25) is 0 Å². The van der Waals surface area contributed by atoms with Crippen LogP contribution < -0.4 is 15.8 Å². The van der Waals surface area contributed by atoms with E-state index in [0.29, 0.717) is 0 Å². The highest BCUT2D eigenvalue weighted by atomic mass is 16.3. The first kappa shape index (κ1) is 33.4. The van der Waals surface area contributed by atoms with Crippen molar-refractivity contribution in [3.05, 3.63) is 186 Å². The summed E-state index contributed by atoms with van der Waals surface area (Å²) in [7, 11) is 0. The molecule has 4 heteroatoms. The van der Waals surface area contributed by atoms with Gasteiger partial charge in [0.2, 0.25) is 0 Å². The summed E-state index contributed by atoms with van der Waals surface area (Å²) < 4.78 is 9.67. The Morgan fingerprint density at radius 3 is 1.95 bits per heavy atom. The summed E-state index contributed by atoms with van der Waals surface area (Å²) in [5.41, 5.74) is 23.7. The molecule has 4 heterocycles. The van der Waals surface area contributed by atoms with Crippen molar-refractivity contribution >= 4 is 89.4 Å². The van der Waals surface area contributed by atoms with Crippen LogP contribution in [0.4, 0.5) is 17.1 Å². The van der Waals surface area contributed by atoms with Gasteiger partial charge in [0.05, 0.1) is 11.1 Å². The molecule has 15 rings (SSSR count). The minimum absolute atomic E-state index is 0.0971. The number of para-hydroxylation sites is 2. The molecule has 2 aliphatic heterocycles. The second-order valence-electron chi connectivity index (χ2n) is 19.2. The lowest BCUT2D eigenvalue weighted by Gasteiger charge is -2.41. The smallest absolute Gasteiger partial charge is 0.333 e. The van der Waals surface area contributed by atoms with Crippen molar-refractivity contribution in [1.29, 1.82) is 0 Å². The second-order valence-corrected chi connectivity index (χ2v) is 19.2. The molecule has 2 aliphatic carbocycles. The Labute approximate surface area is 359 Å². The van der Waals surface area contributed by atoms with E-state index in [4.69, 9.17) is 4.42 Å². The van der Waals surface area contributed by atoms with Crippen LogP contribution in [0.25, 0.3) is 87.9 Å². The van der Waals surface area contributed by atoms with Gasteiger partial charge in [-0.05, 0) is 108 Å². The number of anilines is 3. The van der Waals surface area contributed by atoms with Gasteiger partial charge in [-0.1, -0.05) is 155 Å². The Balaban J connectivity index is 1.15. The molecule has 0 N–H and O–H groups in total. The number of furan rings is 1. The van der Waals surface area contributed by atoms with E-state index >= 15 is 0 Å². The SMILES string of the molecule is CC1(C)c2ccccc2-c2cc(N3c4cc5c(cc4B4c6c(cc7oc8ccccc8c7c63)-c3cccc6c7c8ccccc8ccc7n4c36)C(C)(C)c3ccccc3-5)ccc21. The molecule has 0 atom stereocenters. The fraction of sp³-hybridized carbons (Fsp3) is 0.103. The molecule has 62 heavy (non-hydrogen) atoms. The molecule has 2 aromatic heterocycles. The van der Waals surface area contributed by atoms with Crippen LogP contribution in [0.1, 0.15) is 49.9 Å². The standard InChI is InChI=1S/C58H39BN2O/c1-57(2)43-21-10-7-16-35(43)40-28-33(25-26-45(40)57)60-49-29-41-36-17-8-11-22-44(36)58(3,4)46(41)31-47(49)59-54-42(30-51-53(56(54)60)38-18-9-12-23-50(38)62-51)37-19-13-20-39-52-34-15-6-5-14-32(34)24-27-48(52)61(59)55(37)39/h5-31H,1-4H3. The topological polar surface area (TPSA) is 21.3 Å². The van der Waals surface area contributed by atoms with Crippen molar-refractivity contribution in [3.8, 4) is 33.4 Å². The van der Waals surface area contributed by atoms with E-state index in [2.05, 4.69) is 201 Å². The number of rotatable bonds is 1. The molecule has 0 saturated carbocycles. The van der Waals surface area contributed by atoms with Gasteiger partial charge in [-0.25, -0.2) is 0 Å². The minimum Gasteiger partial charge on any atom is -0.456 e. The summed E-state index contributed by atoms with van der Waals surface area (Å²) in [5, 5.41) is 7.47. The van der Waals surface area contributed by atoms with Gasteiger partial charge in [0.15, 0.2) is 0 Å². The lowest BCUT2D eigenvalue weighted by molar-refractivity contribution is 0.660. The summed E-state index contributed by atoms with van der Waals surface area (Å²) >= 11 is 0. The van der Waals surface area contributed by atoms with E-state index in [1.165, 1.54) is 111 Å². The molecule has 0 spiro atoms. The monoisotopic (exact) mass is 790 g/mol. The fourth-order valence-corrected chi connectivity index (χ4v) is 12.8. The van der Waals surface area contributed by atoms with E-state index in [-0.39, 0.29) is 17.7 Å². The number of benzene rings is 9. The number of hydrogen-bond donors (Lipinski definition) is 0. The molecule has 0 amide bonds. The number of fused-ring (bicyclic) bond motifs is 19. The minimum atomic E-state index is -0.167. The Bertz CT molecular complexity index is 3900. The van der Waals surface area contributed by atoms with Crippen LogP contribution in [0.5, 0.6) is 0 Å². The molecule has 9 aromatic carbocycles. The Hall–Kier alpha value is -7.30. The van der Waals surface area contributed by atoms with E-state index < -0.39 is 0 Å². The first-order valence-electron chi connectivity index (χ1n) is 22.0. The largest absolute Gasteiger partial charge is 0.456 e. The highest BCUT2D eigenvalue weighted by Gasteiger charge is 2.47. The zero-order valence-corrected chi connectivity index (χ0v) is 35.0. The average molecular weight is 791 g/mol. The van der Waals surface area contributed by atoms with Crippen LogP contribution in [-0.4, -0.2) is 11.3 Å². The summed E-state index contributed by atoms with van der Waals surface area (Å²) in [4.78, 5) is 2.63. The fourth-order valence-electron chi connectivity index (χ4n) is 12.8. The summed E-state index contributed by atoms with van der Waals surface area (Å²) in [6.07, 6.45) is 0. The molecule has 3 nitrogen and oxygen atoms in total. The third-order valence-electron chi connectivity index (χ3n) is 15.5. The Morgan fingerprint density at radius 1 is 0.468 bits per heavy atom. The number of nitrogens with zero attached hydrogens (tertiary/aromatic N) is 2. The molecule has 0 bridgehead atoms. The first-order valence-corrected chi connectivity index (χ1v) is 22.0. The molecule has 4 aliphatic rings. The highest BCUT2D eigenvalue weighted by molar-refractivity contribution is 6.90. The van der Waals surface area contributed by atoms with Crippen molar-refractivity contribution < 1.29 is 4.42 Å². The van der Waals surface area contributed by atoms with Crippen molar-refractivity contribution in [2.24, 2.45) is 0 Å². The lowest BCUT2D eigenvalue weighted by Crippen LogP contribution is -2.57.